The van der Waals surface area contributed by atoms with Crippen LogP contribution in [0.15, 0.2) is 40.4 Å². The third-order valence-corrected chi connectivity index (χ3v) is 4.25. The molecule has 0 radical (unpaired) electrons. The van der Waals surface area contributed by atoms with Crippen molar-refractivity contribution in [3.05, 3.63) is 41.0 Å². The fourth-order valence-electron chi connectivity index (χ4n) is 1.14. The molecule has 3 nitrogen and oxygen atoms in total. The minimum Gasteiger partial charge on any atom is -0.493 e. The number of hydrogen-bond acceptors (Lipinski definition) is 5. The van der Waals surface area contributed by atoms with Crippen LogP contribution in [0.3, 0.4) is 0 Å². The molecule has 0 saturated carbocycles. The van der Waals surface area contributed by atoms with Crippen LogP contribution in [0.5, 0.6) is 5.88 Å². The van der Waals surface area contributed by atoms with Gasteiger partial charge in [-0.25, -0.2) is 4.98 Å². The highest BCUT2D eigenvalue weighted by Gasteiger charge is 2.03. The average molecular weight is 285 g/mol. The second kappa shape index (κ2) is 5.62. The van der Waals surface area contributed by atoms with Crippen molar-refractivity contribution in [2.45, 2.75) is 17.0 Å². The highest BCUT2D eigenvalue weighted by Crippen LogP contribution is 2.36. The number of nitrogens with zero attached hydrogens (tertiary/aromatic N) is 2. The van der Waals surface area contributed by atoms with Gasteiger partial charge in [-0.3, -0.25) is 0 Å². The van der Waals surface area contributed by atoms with E-state index < -0.39 is 0 Å². The van der Waals surface area contributed by atoms with Crippen molar-refractivity contribution < 1.29 is 5.11 Å². The third kappa shape index (κ3) is 3.80. The van der Waals surface area contributed by atoms with Crippen molar-refractivity contribution in [3.63, 3.8) is 0 Å². The van der Waals surface area contributed by atoms with E-state index in [9.17, 15) is 5.11 Å². The van der Waals surface area contributed by atoms with Crippen molar-refractivity contribution >= 4 is 33.2 Å². The Morgan fingerprint density at radius 2 is 1.82 bits per heavy atom. The van der Waals surface area contributed by atoms with E-state index in [2.05, 4.69) is 9.97 Å². The third-order valence-electron chi connectivity index (χ3n) is 1.85. The Hall–Kier alpha value is -0.910. The lowest BCUT2D eigenvalue weighted by molar-refractivity contribution is 0.444. The van der Waals surface area contributed by atoms with E-state index in [1.807, 2.05) is 31.2 Å². The van der Waals surface area contributed by atoms with E-state index in [-0.39, 0.29) is 5.88 Å². The molecule has 0 aliphatic heterocycles. The molecule has 1 heterocycles. The molecule has 88 valence electrons. The monoisotopic (exact) mass is 284 g/mol. The Kier molecular flexibility index (Phi) is 4.15. The van der Waals surface area contributed by atoms with Crippen molar-refractivity contribution in [2.24, 2.45) is 0 Å². The number of benzene rings is 1. The fourth-order valence-corrected chi connectivity index (χ4v) is 3.06. The Labute approximate surface area is 112 Å². The summed E-state index contributed by atoms with van der Waals surface area (Å²) >= 11 is 5.80. The van der Waals surface area contributed by atoms with Gasteiger partial charge >= 0.3 is 0 Å². The van der Waals surface area contributed by atoms with Crippen LogP contribution in [0.2, 0.25) is 5.02 Å². The summed E-state index contributed by atoms with van der Waals surface area (Å²) in [6, 6.07) is 9.04. The SMILES string of the molecule is Cc1cc(O)nc(SSc2ccc(Cl)cc2)n1. The Bertz CT molecular complexity index is 499. The van der Waals surface area contributed by atoms with E-state index in [4.69, 9.17) is 11.6 Å². The molecule has 2 rings (SSSR count). The van der Waals surface area contributed by atoms with Crippen molar-refractivity contribution in [1.29, 1.82) is 0 Å². The number of hydrogen-bond donors (Lipinski definition) is 1. The normalized spacial score (nSPS) is 10.5. The van der Waals surface area contributed by atoms with Crippen LogP contribution in [0.4, 0.5) is 0 Å². The zero-order valence-electron chi connectivity index (χ0n) is 8.92. The molecule has 0 amide bonds. The van der Waals surface area contributed by atoms with E-state index in [0.29, 0.717) is 10.2 Å². The van der Waals surface area contributed by atoms with Crippen LogP contribution in [-0.2, 0) is 0 Å². The molecule has 1 N–H and O–H groups in total. The molecular formula is C11H9ClN2OS2. The maximum absolute atomic E-state index is 9.34. The van der Waals surface area contributed by atoms with Gasteiger partial charge in [-0.15, -0.1) is 0 Å². The predicted molar refractivity (Wildman–Crippen MR) is 71.6 cm³/mol. The maximum atomic E-state index is 9.34. The van der Waals surface area contributed by atoms with E-state index in [0.717, 1.165) is 10.6 Å². The van der Waals surface area contributed by atoms with Gasteiger partial charge in [-0.05, 0) is 52.8 Å². The van der Waals surface area contributed by atoms with Gasteiger partial charge in [0.25, 0.3) is 0 Å². The minimum absolute atomic E-state index is 0.00305. The zero-order chi connectivity index (χ0) is 12.3. The quantitative estimate of drug-likeness (QED) is 0.683. The molecule has 0 atom stereocenters. The molecule has 1 aromatic carbocycles. The summed E-state index contributed by atoms with van der Waals surface area (Å²) in [5.41, 5.74) is 0.747. The smallest absolute Gasteiger partial charge is 0.215 e. The Morgan fingerprint density at radius 1 is 1.12 bits per heavy atom. The van der Waals surface area contributed by atoms with Gasteiger partial charge in [0.15, 0.2) is 0 Å². The lowest BCUT2D eigenvalue weighted by Gasteiger charge is -2.01. The summed E-state index contributed by atoms with van der Waals surface area (Å²) in [6.07, 6.45) is 0. The molecule has 0 saturated heterocycles. The van der Waals surface area contributed by atoms with Crippen LogP contribution in [0.25, 0.3) is 0 Å². The van der Waals surface area contributed by atoms with Gasteiger partial charge in [0.1, 0.15) is 0 Å². The van der Waals surface area contributed by atoms with Crippen LogP contribution in [0.1, 0.15) is 5.69 Å². The molecule has 2 aromatic rings. The van der Waals surface area contributed by atoms with E-state index in [1.165, 1.54) is 27.7 Å². The van der Waals surface area contributed by atoms with Crippen LogP contribution in [-0.4, -0.2) is 15.1 Å². The number of aryl methyl sites for hydroxylation is 1. The Balaban J connectivity index is 2.04. The summed E-state index contributed by atoms with van der Waals surface area (Å²) < 4.78 is 0. The van der Waals surface area contributed by atoms with Gasteiger partial charge in [0.2, 0.25) is 11.0 Å². The summed E-state index contributed by atoms with van der Waals surface area (Å²) in [7, 11) is 2.92. The molecule has 6 heteroatoms. The van der Waals surface area contributed by atoms with Gasteiger partial charge in [0, 0.05) is 21.7 Å². The summed E-state index contributed by atoms with van der Waals surface area (Å²) in [6.45, 7) is 1.82. The highest BCUT2D eigenvalue weighted by atomic mass is 35.5. The first-order valence-corrected chi connectivity index (χ1v) is 7.31. The van der Waals surface area contributed by atoms with E-state index >= 15 is 0 Å². The van der Waals surface area contributed by atoms with Crippen LogP contribution < -0.4 is 0 Å². The first-order chi connectivity index (χ1) is 8.13. The second-order valence-corrected chi connectivity index (χ2v) is 5.88. The predicted octanol–water partition coefficient (Wildman–Crippen LogP) is 3.94. The molecule has 0 unspecified atom stereocenters. The standard InChI is InChI=1S/C11H9ClN2OS2/c1-7-6-10(15)14-11(13-7)17-16-9-4-2-8(12)3-5-9/h2-6H,1H3,(H,13,14,15). The maximum Gasteiger partial charge on any atom is 0.215 e. The van der Waals surface area contributed by atoms with E-state index in [1.54, 1.807) is 0 Å². The molecular weight excluding hydrogens is 276 g/mol. The lowest BCUT2D eigenvalue weighted by atomic mass is 10.4. The first-order valence-electron chi connectivity index (χ1n) is 4.78. The molecule has 0 fully saturated rings. The van der Waals surface area contributed by atoms with Gasteiger partial charge in [0.05, 0.1) is 0 Å². The molecule has 0 spiro atoms. The van der Waals surface area contributed by atoms with Crippen molar-refractivity contribution in [1.82, 2.24) is 9.97 Å². The topological polar surface area (TPSA) is 46.0 Å². The van der Waals surface area contributed by atoms with Crippen molar-refractivity contribution in [3.8, 4) is 5.88 Å². The summed E-state index contributed by atoms with van der Waals surface area (Å²) in [5, 5.41) is 10.6. The average Bonchev–Trinajstić information content (AvgIpc) is 2.27. The number of aromatic nitrogens is 2. The molecule has 0 bridgehead atoms. The summed E-state index contributed by atoms with van der Waals surface area (Å²) in [4.78, 5) is 9.20. The second-order valence-electron chi connectivity index (χ2n) is 3.27. The number of halogens is 1. The molecule has 1 aromatic heterocycles. The molecule has 0 aliphatic carbocycles. The highest BCUT2D eigenvalue weighted by molar-refractivity contribution is 8.76. The van der Waals surface area contributed by atoms with Gasteiger partial charge < -0.3 is 5.11 Å². The molecule has 0 aliphatic rings. The molecule has 17 heavy (non-hydrogen) atoms. The zero-order valence-corrected chi connectivity index (χ0v) is 11.3. The largest absolute Gasteiger partial charge is 0.493 e. The number of aromatic hydroxyl groups is 1. The van der Waals surface area contributed by atoms with Gasteiger partial charge in [-0.2, -0.15) is 4.98 Å². The number of rotatable bonds is 3. The Morgan fingerprint density at radius 3 is 2.47 bits per heavy atom. The van der Waals surface area contributed by atoms with Crippen LogP contribution in [0, 0.1) is 6.92 Å². The van der Waals surface area contributed by atoms with Crippen LogP contribution >= 0.6 is 33.2 Å². The van der Waals surface area contributed by atoms with Crippen molar-refractivity contribution in [2.75, 3.05) is 0 Å². The summed E-state index contributed by atoms with van der Waals surface area (Å²) in [5.74, 6) is -0.00305. The van der Waals surface area contributed by atoms with Gasteiger partial charge in [-0.1, -0.05) is 11.6 Å². The first kappa shape index (κ1) is 12.5. The minimum atomic E-state index is -0.00305. The lowest BCUT2D eigenvalue weighted by Crippen LogP contribution is -1.87. The fraction of sp³-hybridized carbons (Fsp3) is 0.0909.